The third-order valence-corrected chi connectivity index (χ3v) is 6.32. The normalized spacial score (nSPS) is 23.5. The Morgan fingerprint density at radius 3 is 2.61 bits per heavy atom. The van der Waals surface area contributed by atoms with Crippen LogP contribution in [0.2, 0.25) is 5.82 Å². The number of carbonyl (C=O) groups excluding carboxylic acids is 2. The van der Waals surface area contributed by atoms with Crippen LogP contribution in [0.15, 0.2) is 24.3 Å². The largest absolute Gasteiger partial charge is 0.494 e. The first-order valence-electron chi connectivity index (χ1n) is 11.1. The standard InChI is InChI=1S/C22H33BN3O6S/c1-14(2)19-21(28)25-18(22(29)30)12-33-10-4-3-9-31-16-7-5-15(6-8-16)11-17(20(27)26-19)23-32-13-24/h5-8,14,17-19H,3-4,9-13,24H2,1-2H3,(H,25,28)(H,26,27)(H,29,30)/t17-,18-,19-/m0/s1. The highest BCUT2D eigenvalue weighted by molar-refractivity contribution is 7.99. The smallest absolute Gasteiger partial charge is 0.327 e. The number of rotatable bonds is 5. The number of nitrogens with one attached hydrogen (secondary N) is 2. The van der Waals surface area contributed by atoms with E-state index in [1.54, 1.807) is 13.8 Å². The maximum Gasteiger partial charge on any atom is 0.327 e. The molecule has 1 radical (unpaired) electrons. The summed E-state index contributed by atoms with van der Waals surface area (Å²) >= 11 is 1.46. The minimum absolute atomic E-state index is 0.0807. The number of amides is 2. The van der Waals surface area contributed by atoms with Crippen LogP contribution in [-0.2, 0) is 25.5 Å². The van der Waals surface area contributed by atoms with Crippen LogP contribution in [0.1, 0.15) is 32.3 Å². The fraction of sp³-hybridized carbons (Fsp3) is 0.591. The van der Waals surface area contributed by atoms with Gasteiger partial charge in [0, 0.05) is 11.6 Å². The van der Waals surface area contributed by atoms with Crippen molar-refractivity contribution in [2.45, 2.75) is 51.0 Å². The molecule has 181 valence electrons. The molecule has 0 saturated heterocycles. The first-order valence-corrected chi connectivity index (χ1v) is 12.2. The van der Waals surface area contributed by atoms with Crippen molar-refractivity contribution in [2.75, 3.05) is 24.8 Å². The van der Waals surface area contributed by atoms with E-state index in [4.69, 9.17) is 15.1 Å². The van der Waals surface area contributed by atoms with E-state index < -0.39 is 35.7 Å². The van der Waals surface area contributed by atoms with Gasteiger partial charge in [0.2, 0.25) is 11.8 Å². The quantitative estimate of drug-likeness (QED) is 0.366. The molecule has 2 aliphatic rings. The van der Waals surface area contributed by atoms with Gasteiger partial charge in [0.15, 0.2) is 0 Å². The molecule has 0 unspecified atom stereocenters. The number of carboxylic acid groups (broad SMARTS) is 1. The second-order valence-electron chi connectivity index (χ2n) is 8.18. The van der Waals surface area contributed by atoms with E-state index in [0.717, 1.165) is 29.9 Å². The highest BCUT2D eigenvalue weighted by Crippen LogP contribution is 2.19. The van der Waals surface area contributed by atoms with Crippen LogP contribution >= 0.6 is 11.8 Å². The zero-order valence-corrected chi connectivity index (χ0v) is 19.9. The van der Waals surface area contributed by atoms with Gasteiger partial charge in [-0.3, -0.25) is 9.59 Å². The molecular weight excluding hydrogens is 445 g/mol. The Kier molecular flexibility index (Phi) is 11.6. The average molecular weight is 478 g/mol. The summed E-state index contributed by atoms with van der Waals surface area (Å²) in [4.78, 5) is 37.6. The summed E-state index contributed by atoms with van der Waals surface area (Å²) in [5, 5.41) is 14.9. The number of thioether (sulfide) groups is 1. The molecule has 2 heterocycles. The average Bonchev–Trinajstić information content (AvgIpc) is 2.78. The molecule has 5 N–H and O–H groups in total. The molecule has 33 heavy (non-hydrogen) atoms. The van der Waals surface area contributed by atoms with Gasteiger partial charge in [-0.15, -0.1) is 0 Å². The van der Waals surface area contributed by atoms with E-state index in [2.05, 4.69) is 10.6 Å². The first-order chi connectivity index (χ1) is 15.8. The summed E-state index contributed by atoms with van der Waals surface area (Å²) < 4.78 is 11.0. The van der Waals surface area contributed by atoms with Gasteiger partial charge in [0.1, 0.15) is 17.8 Å². The molecule has 0 saturated carbocycles. The summed E-state index contributed by atoms with van der Waals surface area (Å²) in [5.74, 6) is -1.25. The topological polar surface area (TPSA) is 140 Å². The summed E-state index contributed by atoms with van der Waals surface area (Å²) in [5.41, 5.74) is 6.32. The molecule has 3 rings (SSSR count). The molecule has 3 atom stereocenters. The fourth-order valence-corrected chi connectivity index (χ4v) is 4.32. The Hall–Kier alpha value is -2.24. The third kappa shape index (κ3) is 9.27. The zero-order valence-electron chi connectivity index (χ0n) is 19.1. The molecule has 0 fully saturated rings. The van der Waals surface area contributed by atoms with Crippen molar-refractivity contribution >= 4 is 37.0 Å². The zero-order chi connectivity index (χ0) is 24.2. The van der Waals surface area contributed by atoms with Crippen molar-refractivity contribution in [3.8, 4) is 5.75 Å². The van der Waals surface area contributed by atoms with Crippen LogP contribution in [0.25, 0.3) is 0 Å². The van der Waals surface area contributed by atoms with Crippen molar-refractivity contribution in [2.24, 2.45) is 11.7 Å². The van der Waals surface area contributed by atoms with Crippen LogP contribution in [0, 0.1) is 5.92 Å². The summed E-state index contributed by atoms with van der Waals surface area (Å²) in [6.07, 6.45) is 2.04. The van der Waals surface area contributed by atoms with E-state index in [0.29, 0.717) is 13.0 Å². The molecule has 9 nitrogen and oxygen atoms in total. The number of aliphatic carboxylic acids is 1. The molecule has 2 bridgehead atoms. The lowest BCUT2D eigenvalue weighted by Gasteiger charge is -2.26. The number of ether oxygens (including phenoxy) is 1. The van der Waals surface area contributed by atoms with Gasteiger partial charge in [-0.1, -0.05) is 26.0 Å². The van der Waals surface area contributed by atoms with E-state index in [9.17, 15) is 19.5 Å². The van der Waals surface area contributed by atoms with Gasteiger partial charge >= 0.3 is 13.5 Å². The molecule has 2 amide bonds. The maximum atomic E-state index is 13.1. The molecule has 0 aliphatic carbocycles. The lowest BCUT2D eigenvalue weighted by molar-refractivity contribution is -0.141. The van der Waals surface area contributed by atoms with Crippen molar-refractivity contribution in [3.05, 3.63) is 29.8 Å². The minimum Gasteiger partial charge on any atom is -0.494 e. The van der Waals surface area contributed by atoms with E-state index >= 15 is 0 Å². The molecule has 1 aromatic carbocycles. The van der Waals surface area contributed by atoms with Crippen LogP contribution in [0.3, 0.4) is 0 Å². The number of carboxylic acids is 1. The Balaban J connectivity index is 2.24. The molecular formula is C22H33BN3O6S. The van der Waals surface area contributed by atoms with Crippen molar-refractivity contribution in [3.63, 3.8) is 0 Å². The second-order valence-corrected chi connectivity index (χ2v) is 9.33. The lowest BCUT2D eigenvalue weighted by Crippen LogP contribution is -2.55. The third-order valence-electron chi connectivity index (χ3n) is 5.17. The lowest BCUT2D eigenvalue weighted by atomic mass is 9.75. The van der Waals surface area contributed by atoms with Gasteiger partial charge in [0.25, 0.3) is 0 Å². The highest BCUT2D eigenvalue weighted by Gasteiger charge is 2.31. The van der Waals surface area contributed by atoms with E-state index in [-0.39, 0.29) is 18.4 Å². The van der Waals surface area contributed by atoms with Gasteiger partial charge < -0.3 is 30.9 Å². The molecule has 0 aromatic heterocycles. The number of hydrogen-bond donors (Lipinski definition) is 4. The fourth-order valence-electron chi connectivity index (χ4n) is 3.28. The molecule has 1 aromatic rings. The maximum absolute atomic E-state index is 13.1. The van der Waals surface area contributed by atoms with E-state index in [1.165, 1.54) is 19.2 Å². The molecule has 11 heteroatoms. The Morgan fingerprint density at radius 1 is 1.24 bits per heavy atom. The number of benzene rings is 1. The Labute approximate surface area is 199 Å². The molecule has 0 spiro atoms. The van der Waals surface area contributed by atoms with Gasteiger partial charge in [-0.2, -0.15) is 11.8 Å². The molecule has 2 aliphatic heterocycles. The summed E-state index contributed by atoms with van der Waals surface area (Å²) in [6, 6.07) is 5.56. The Bertz CT molecular complexity index is 780. The number of carbonyl (C=O) groups is 3. The number of nitrogens with two attached hydrogens (primary N) is 1. The summed E-state index contributed by atoms with van der Waals surface area (Å²) in [7, 11) is 1.37. The first kappa shape index (κ1) is 27.0. The SMILES string of the molecule is CC(C)[C@@H]1NC(=O)[C@@H]([B]OCN)Cc2ccc(cc2)OCCCCSC[C@@H](C(=O)O)NC1=O. The van der Waals surface area contributed by atoms with Crippen molar-refractivity contribution < 1.29 is 28.9 Å². The monoisotopic (exact) mass is 478 g/mol. The van der Waals surface area contributed by atoms with Crippen LogP contribution < -0.4 is 21.1 Å². The van der Waals surface area contributed by atoms with Crippen LogP contribution in [0.5, 0.6) is 5.75 Å². The van der Waals surface area contributed by atoms with Crippen LogP contribution in [-0.4, -0.2) is 67.3 Å². The van der Waals surface area contributed by atoms with Gasteiger partial charge in [-0.05, 0) is 48.6 Å². The second kappa shape index (κ2) is 14.1. The Morgan fingerprint density at radius 2 is 1.97 bits per heavy atom. The predicted octanol–water partition coefficient (Wildman–Crippen LogP) is 1.19. The van der Waals surface area contributed by atoms with Gasteiger partial charge in [0.05, 0.1) is 13.3 Å². The summed E-state index contributed by atoms with van der Waals surface area (Å²) in [6.45, 7) is 4.05. The van der Waals surface area contributed by atoms with Gasteiger partial charge in [-0.25, -0.2) is 4.79 Å². The van der Waals surface area contributed by atoms with Crippen LogP contribution in [0.4, 0.5) is 0 Å². The van der Waals surface area contributed by atoms with Crippen molar-refractivity contribution in [1.29, 1.82) is 0 Å². The highest BCUT2D eigenvalue weighted by atomic mass is 32.2. The minimum atomic E-state index is -1.11. The predicted molar refractivity (Wildman–Crippen MR) is 128 cm³/mol. The van der Waals surface area contributed by atoms with E-state index in [1.807, 2.05) is 24.3 Å². The van der Waals surface area contributed by atoms with Crippen molar-refractivity contribution in [1.82, 2.24) is 10.6 Å². The number of fused-ring (bicyclic) bond motifs is 16. The number of hydrogen-bond acceptors (Lipinski definition) is 7.